The predicted molar refractivity (Wildman–Crippen MR) is 73.6 cm³/mol. The molecule has 20 heavy (non-hydrogen) atoms. The van der Waals surface area contributed by atoms with Crippen LogP contribution >= 0.6 is 11.3 Å². The Bertz CT molecular complexity index is 475. The van der Waals surface area contributed by atoms with Gasteiger partial charge in [0.2, 0.25) is 11.8 Å². The minimum atomic E-state index is -1.03. The molecule has 0 aliphatic carbocycles. The number of nitrogens with two attached hydrogens (primary N) is 2. The van der Waals surface area contributed by atoms with Crippen molar-refractivity contribution in [2.75, 3.05) is 7.11 Å². The molecule has 2 unspecified atom stereocenters. The van der Waals surface area contributed by atoms with E-state index in [2.05, 4.69) is 10.1 Å². The Morgan fingerprint density at radius 3 is 2.60 bits per heavy atom. The van der Waals surface area contributed by atoms with E-state index in [-0.39, 0.29) is 12.8 Å². The Hall–Kier alpha value is -1.93. The molecule has 0 saturated carbocycles. The van der Waals surface area contributed by atoms with Crippen LogP contribution in [0.2, 0.25) is 0 Å². The maximum absolute atomic E-state index is 11.9. The van der Waals surface area contributed by atoms with E-state index in [1.807, 2.05) is 5.38 Å². The van der Waals surface area contributed by atoms with Crippen molar-refractivity contribution in [3.05, 3.63) is 22.4 Å². The Labute approximate surface area is 120 Å². The standard InChI is InChI=1S/C12H17N3O4S/c1-19-11(17)6-8(9-3-2-4-20-9)15-12(18)7(13)5-10(14)16/h2-4,7-8H,5-6,13H2,1H3,(H2,14,16)(H,15,18). The van der Waals surface area contributed by atoms with Crippen molar-refractivity contribution < 1.29 is 19.1 Å². The minimum absolute atomic E-state index is 0.00789. The van der Waals surface area contributed by atoms with Crippen LogP contribution < -0.4 is 16.8 Å². The van der Waals surface area contributed by atoms with Gasteiger partial charge < -0.3 is 21.5 Å². The molecule has 0 spiro atoms. The number of amides is 2. The van der Waals surface area contributed by atoms with Gasteiger partial charge in [0, 0.05) is 4.88 Å². The Balaban J connectivity index is 2.72. The minimum Gasteiger partial charge on any atom is -0.469 e. The van der Waals surface area contributed by atoms with Crippen molar-refractivity contribution >= 4 is 29.1 Å². The van der Waals surface area contributed by atoms with Crippen molar-refractivity contribution in [3.63, 3.8) is 0 Å². The molecule has 0 aromatic carbocycles. The summed E-state index contributed by atoms with van der Waals surface area (Å²) in [7, 11) is 1.27. The van der Waals surface area contributed by atoms with Gasteiger partial charge in [0.25, 0.3) is 0 Å². The molecule has 2 amide bonds. The molecule has 8 heteroatoms. The number of primary amides is 1. The second-order valence-corrected chi connectivity index (χ2v) is 5.11. The van der Waals surface area contributed by atoms with Crippen molar-refractivity contribution in [2.24, 2.45) is 11.5 Å². The monoisotopic (exact) mass is 299 g/mol. The number of nitrogens with one attached hydrogen (secondary N) is 1. The van der Waals surface area contributed by atoms with Gasteiger partial charge in [-0.3, -0.25) is 14.4 Å². The SMILES string of the molecule is COC(=O)CC(NC(=O)C(N)CC(N)=O)c1cccs1. The summed E-state index contributed by atoms with van der Waals surface area (Å²) in [6, 6.07) is 2.03. The first-order valence-electron chi connectivity index (χ1n) is 5.88. The van der Waals surface area contributed by atoms with Crippen molar-refractivity contribution in [1.29, 1.82) is 0 Å². The summed E-state index contributed by atoms with van der Waals surface area (Å²) >= 11 is 1.40. The summed E-state index contributed by atoms with van der Waals surface area (Å²) in [6.07, 6.45) is -0.257. The highest BCUT2D eigenvalue weighted by molar-refractivity contribution is 7.10. The molecule has 0 aliphatic heterocycles. The number of methoxy groups -OCH3 is 1. The van der Waals surface area contributed by atoms with E-state index in [0.717, 1.165) is 4.88 Å². The molecule has 110 valence electrons. The zero-order valence-corrected chi connectivity index (χ0v) is 11.8. The summed E-state index contributed by atoms with van der Waals surface area (Å²) in [5.41, 5.74) is 10.5. The highest BCUT2D eigenvalue weighted by atomic mass is 32.1. The molecule has 1 aromatic heterocycles. The topological polar surface area (TPSA) is 125 Å². The second kappa shape index (κ2) is 7.61. The van der Waals surface area contributed by atoms with Gasteiger partial charge in [-0.25, -0.2) is 0 Å². The first-order chi connectivity index (χ1) is 9.43. The van der Waals surface area contributed by atoms with E-state index in [1.54, 1.807) is 12.1 Å². The molecule has 1 rings (SSSR count). The van der Waals surface area contributed by atoms with Gasteiger partial charge in [-0.15, -0.1) is 11.3 Å². The highest BCUT2D eigenvalue weighted by Crippen LogP contribution is 2.22. The first-order valence-corrected chi connectivity index (χ1v) is 6.76. The van der Waals surface area contributed by atoms with Gasteiger partial charge in [0.15, 0.2) is 0 Å². The Kier molecular flexibility index (Phi) is 6.13. The van der Waals surface area contributed by atoms with Crippen LogP contribution in [0, 0.1) is 0 Å². The van der Waals surface area contributed by atoms with Crippen LogP contribution in [0.5, 0.6) is 0 Å². The van der Waals surface area contributed by atoms with Gasteiger partial charge in [0.05, 0.1) is 32.0 Å². The van der Waals surface area contributed by atoms with Crippen LogP contribution in [0.1, 0.15) is 23.8 Å². The molecule has 0 saturated heterocycles. The van der Waals surface area contributed by atoms with E-state index in [1.165, 1.54) is 18.4 Å². The van der Waals surface area contributed by atoms with Gasteiger partial charge in [-0.05, 0) is 11.4 Å². The van der Waals surface area contributed by atoms with Gasteiger partial charge in [-0.1, -0.05) is 6.07 Å². The molecule has 0 radical (unpaired) electrons. The second-order valence-electron chi connectivity index (χ2n) is 4.13. The number of ether oxygens (including phenoxy) is 1. The molecular weight excluding hydrogens is 282 g/mol. The fourth-order valence-electron chi connectivity index (χ4n) is 1.55. The first kappa shape index (κ1) is 16.1. The molecule has 0 fully saturated rings. The third kappa shape index (κ3) is 4.98. The lowest BCUT2D eigenvalue weighted by Gasteiger charge is -2.18. The average Bonchev–Trinajstić information content (AvgIpc) is 2.90. The molecule has 1 aromatic rings. The number of rotatable bonds is 7. The Morgan fingerprint density at radius 2 is 2.10 bits per heavy atom. The van der Waals surface area contributed by atoms with Crippen molar-refractivity contribution in [2.45, 2.75) is 24.9 Å². The number of carbonyl (C=O) groups excluding carboxylic acids is 3. The van der Waals surface area contributed by atoms with E-state index in [9.17, 15) is 14.4 Å². The third-order valence-electron chi connectivity index (χ3n) is 2.56. The summed E-state index contributed by atoms with van der Waals surface area (Å²) in [5.74, 6) is -1.65. The molecule has 7 nitrogen and oxygen atoms in total. The van der Waals surface area contributed by atoms with Crippen LogP contribution in [0.25, 0.3) is 0 Å². The zero-order valence-electron chi connectivity index (χ0n) is 11.0. The molecule has 0 aliphatic rings. The van der Waals surface area contributed by atoms with E-state index < -0.39 is 29.9 Å². The van der Waals surface area contributed by atoms with E-state index in [0.29, 0.717) is 0 Å². The maximum atomic E-state index is 11.9. The largest absolute Gasteiger partial charge is 0.469 e. The van der Waals surface area contributed by atoms with Crippen LogP contribution in [0.3, 0.4) is 0 Å². The van der Waals surface area contributed by atoms with Crippen molar-refractivity contribution in [3.8, 4) is 0 Å². The number of thiophene rings is 1. The van der Waals surface area contributed by atoms with Crippen molar-refractivity contribution in [1.82, 2.24) is 5.32 Å². The van der Waals surface area contributed by atoms with Crippen LogP contribution in [0.4, 0.5) is 0 Å². The fourth-order valence-corrected chi connectivity index (χ4v) is 2.33. The summed E-state index contributed by atoms with van der Waals surface area (Å²) in [6.45, 7) is 0. The average molecular weight is 299 g/mol. The van der Waals surface area contributed by atoms with Gasteiger partial charge >= 0.3 is 5.97 Å². The number of esters is 1. The van der Waals surface area contributed by atoms with Gasteiger partial charge in [-0.2, -0.15) is 0 Å². The lowest BCUT2D eigenvalue weighted by molar-refractivity contribution is -0.141. The Morgan fingerprint density at radius 1 is 1.40 bits per heavy atom. The summed E-state index contributed by atoms with van der Waals surface area (Å²) in [5, 5.41) is 4.46. The van der Waals surface area contributed by atoms with E-state index >= 15 is 0 Å². The quantitative estimate of drug-likeness (QED) is 0.595. The molecular formula is C12H17N3O4S. The predicted octanol–water partition coefficient (Wildman–Crippen LogP) is -0.329. The molecule has 2 atom stereocenters. The number of carbonyl (C=O) groups is 3. The normalized spacial score (nSPS) is 13.3. The lowest BCUT2D eigenvalue weighted by atomic mass is 10.1. The zero-order chi connectivity index (χ0) is 15.1. The summed E-state index contributed by atoms with van der Waals surface area (Å²) in [4.78, 5) is 34.8. The molecule has 0 bridgehead atoms. The van der Waals surface area contributed by atoms with Crippen LogP contribution in [-0.2, 0) is 19.1 Å². The highest BCUT2D eigenvalue weighted by Gasteiger charge is 2.23. The molecule has 5 N–H and O–H groups in total. The number of hydrogen-bond donors (Lipinski definition) is 3. The smallest absolute Gasteiger partial charge is 0.307 e. The third-order valence-corrected chi connectivity index (χ3v) is 3.55. The number of hydrogen-bond acceptors (Lipinski definition) is 6. The molecule has 1 heterocycles. The van der Waals surface area contributed by atoms with Crippen LogP contribution in [0.15, 0.2) is 17.5 Å². The fraction of sp³-hybridized carbons (Fsp3) is 0.417. The van der Waals surface area contributed by atoms with E-state index in [4.69, 9.17) is 11.5 Å². The lowest BCUT2D eigenvalue weighted by Crippen LogP contribution is -2.44. The summed E-state index contributed by atoms with van der Waals surface area (Å²) < 4.78 is 4.59. The maximum Gasteiger partial charge on any atom is 0.307 e. The van der Waals surface area contributed by atoms with Crippen LogP contribution in [-0.4, -0.2) is 30.9 Å². The van der Waals surface area contributed by atoms with Gasteiger partial charge in [0.1, 0.15) is 0 Å².